The number of aromatic nitrogens is 2. The highest BCUT2D eigenvalue weighted by Gasteiger charge is 2.33. The molecule has 3 rings (SSSR count). The van der Waals surface area contributed by atoms with Crippen LogP contribution in [0.1, 0.15) is 51.0 Å². The summed E-state index contributed by atoms with van der Waals surface area (Å²) >= 11 is 0. The summed E-state index contributed by atoms with van der Waals surface area (Å²) in [4.78, 5) is 25.0. The van der Waals surface area contributed by atoms with E-state index in [4.69, 9.17) is 4.98 Å². The van der Waals surface area contributed by atoms with Crippen LogP contribution in [0.3, 0.4) is 0 Å². The zero-order chi connectivity index (χ0) is 15.9. The van der Waals surface area contributed by atoms with E-state index < -0.39 is 0 Å². The standard InChI is InChI=1S/C17H26N4O/c1-12-8-15(20-7-5-6-17(3,4)11-20)19-16(18-12)14-9-21(10-14)13(2)22/h8,14H,5-7,9-11H2,1-4H3. The van der Waals surface area contributed by atoms with E-state index in [1.54, 1.807) is 6.92 Å². The lowest BCUT2D eigenvalue weighted by atomic mass is 9.84. The summed E-state index contributed by atoms with van der Waals surface area (Å²) in [6, 6.07) is 2.09. The molecule has 0 N–H and O–H groups in total. The van der Waals surface area contributed by atoms with Crippen molar-refractivity contribution in [3.8, 4) is 0 Å². The fourth-order valence-electron chi connectivity index (χ4n) is 3.44. The van der Waals surface area contributed by atoms with Gasteiger partial charge >= 0.3 is 0 Å². The van der Waals surface area contributed by atoms with E-state index in [-0.39, 0.29) is 5.91 Å². The highest BCUT2D eigenvalue weighted by atomic mass is 16.2. The third kappa shape index (κ3) is 3.08. The molecule has 0 aliphatic carbocycles. The smallest absolute Gasteiger partial charge is 0.219 e. The van der Waals surface area contributed by atoms with Crippen molar-refractivity contribution in [2.75, 3.05) is 31.1 Å². The Morgan fingerprint density at radius 1 is 1.32 bits per heavy atom. The summed E-state index contributed by atoms with van der Waals surface area (Å²) in [5.74, 6) is 2.38. The van der Waals surface area contributed by atoms with Gasteiger partial charge in [0.2, 0.25) is 5.91 Å². The number of aryl methyl sites for hydroxylation is 1. The van der Waals surface area contributed by atoms with E-state index in [0.717, 1.165) is 43.5 Å². The quantitative estimate of drug-likeness (QED) is 0.841. The Kier molecular flexibility index (Phi) is 3.83. The van der Waals surface area contributed by atoms with Gasteiger partial charge in [0.05, 0.1) is 5.92 Å². The maximum Gasteiger partial charge on any atom is 0.219 e. The van der Waals surface area contributed by atoms with Crippen molar-refractivity contribution in [2.45, 2.75) is 46.5 Å². The Labute approximate surface area is 132 Å². The summed E-state index contributed by atoms with van der Waals surface area (Å²) in [5.41, 5.74) is 1.36. The number of piperidine rings is 1. The van der Waals surface area contributed by atoms with E-state index in [1.165, 1.54) is 12.8 Å². The number of amides is 1. The minimum Gasteiger partial charge on any atom is -0.356 e. The van der Waals surface area contributed by atoms with Crippen molar-refractivity contribution in [1.29, 1.82) is 0 Å². The second-order valence-electron chi connectivity index (χ2n) is 7.54. The van der Waals surface area contributed by atoms with Gasteiger partial charge in [-0.25, -0.2) is 9.97 Å². The first-order valence-electron chi connectivity index (χ1n) is 8.20. The number of carbonyl (C=O) groups is 1. The van der Waals surface area contributed by atoms with E-state index in [1.807, 2.05) is 11.8 Å². The van der Waals surface area contributed by atoms with E-state index in [9.17, 15) is 4.79 Å². The molecule has 2 fully saturated rings. The summed E-state index contributed by atoms with van der Waals surface area (Å²) in [6.45, 7) is 11.9. The molecule has 2 aliphatic heterocycles. The largest absolute Gasteiger partial charge is 0.356 e. The molecule has 2 aliphatic rings. The monoisotopic (exact) mass is 302 g/mol. The second-order valence-corrected chi connectivity index (χ2v) is 7.54. The van der Waals surface area contributed by atoms with Gasteiger partial charge in [-0.2, -0.15) is 0 Å². The Morgan fingerprint density at radius 2 is 2.05 bits per heavy atom. The van der Waals surface area contributed by atoms with Crippen LogP contribution in [0.4, 0.5) is 5.82 Å². The van der Waals surface area contributed by atoms with Crippen LogP contribution in [0, 0.1) is 12.3 Å². The maximum absolute atomic E-state index is 11.3. The average molecular weight is 302 g/mol. The number of hydrogen-bond acceptors (Lipinski definition) is 4. The van der Waals surface area contributed by atoms with Crippen LogP contribution in [0.25, 0.3) is 0 Å². The van der Waals surface area contributed by atoms with Gasteiger partial charge in [0.1, 0.15) is 11.6 Å². The number of hydrogen-bond donors (Lipinski definition) is 0. The Morgan fingerprint density at radius 3 is 2.68 bits per heavy atom. The molecular formula is C17H26N4O. The minimum atomic E-state index is 0.141. The Hall–Kier alpha value is -1.65. The molecule has 5 heteroatoms. The minimum absolute atomic E-state index is 0.141. The van der Waals surface area contributed by atoms with Gasteiger partial charge in [-0.3, -0.25) is 4.79 Å². The summed E-state index contributed by atoms with van der Waals surface area (Å²) < 4.78 is 0. The summed E-state index contributed by atoms with van der Waals surface area (Å²) in [6.07, 6.45) is 2.49. The third-order valence-corrected chi connectivity index (χ3v) is 4.77. The van der Waals surface area contributed by atoms with Crippen LogP contribution in [-0.2, 0) is 4.79 Å². The van der Waals surface area contributed by atoms with Crippen molar-refractivity contribution in [3.63, 3.8) is 0 Å². The van der Waals surface area contributed by atoms with Gasteiger partial charge in [0.15, 0.2) is 0 Å². The Balaban J connectivity index is 1.77. The van der Waals surface area contributed by atoms with Crippen molar-refractivity contribution in [2.24, 2.45) is 5.41 Å². The SMILES string of the molecule is CC(=O)N1CC(c2nc(C)cc(N3CCCC(C)(C)C3)n2)C1. The normalized spacial score (nSPS) is 21.6. The number of anilines is 1. The first-order valence-corrected chi connectivity index (χ1v) is 8.20. The first-order chi connectivity index (χ1) is 10.3. The van der Waals surface area contributed by atoms with E-state index >= 15 is 0 Å². The first kappa shape index (κ1) is 15.3. The van der Waals surface area contributed by atoms with Crippen molar-refractivity contribution < 1.29 is 4.79 Å². The van der Waals surface area contributed by atoms with Crippen molar-refractivity contribution >= 4 is 11.7 Å². The predicted molar refractivity (Wildman–Crippen MR) is 87.0 cm³/mol. The molecule has 0 spiro atoms. The van der Waals surface area contributed by atoms with Crippen LogP contribution < -0.4 is 4.90 Å². The molecule has 0 unspecified atom stereocenters. The molecule has 3 heterocycles. The Bertz CT molecular complexity index is 578. The average Bonchev–Trinajstić information content (AvgIpc) is 2.34. The highest BCUT2D eigenvalue weighted by Crippen LogP contribution is 2.32. The lowest BCUT2D eigenvalue weighted by Crippen LogP contribution is -2.48. The van der Waals surface area contributed by atoms with E-state index in [2.05, 4.69) is 29.8 Å². The van der Waals surface area contributed by atoms with Gasteiger partial charge < -0.3 is 9.80 Å². The van der Waals surface area contributed by atoms with E-state index in [0.29, 0.717) is 11.3 Å². The van der Waals surface area contributed by atoms with Crippen LogP contribution in [0.2, 0.25) is 0 Å². The fourth-order valence-corrected chi connectivity index (χ4v) is 3.44. The molecule has 0 aromatic carbocycles. The molecule has 1 amide bonds. The third-order valence-electron chi connectivity index (χ3n) is 4.77. The number of rotatable bonds is 2. The molecule has 120 valence electrons. The van der Waals surface area contributed by atoms with Gasteiger partial charge in [-0.15, -0.1) is 0 Å². The molecular weight excluding hydrogens is 276 g/mol. The molecule has 22 heavy (non-hydrogen) atoms. The highest BCUT2D eigenvalue weighted by molar-refractivity contribution is 5.74. The van der Waals surface area contributed by atoms with Crippen LogP contribution >= 0.6 is 0 Å². The predicted octanol–water partition coefficient (Wildman–Crippen LogP) is 2.36. The van der Waals surface area contributed by atoms with Gasteiger partial charge in [0, 0.05) is 44.9 Å². The summed E-state index contributed by atoms with van der Waals surface area (Å²) in [7, 11) is 0. The van der Waals surface area contributed by atoms with Gasteiger partial charge in [-0.1, -0.05) is 13.8 Å². The molecule has 5 nitrogen and oxygen atoms in total. The zero-order valence-corrected chi connectivity index (χ0v) is 14.1. The molecule has 0 radical (unpaired) electrons. The lowest BCUT2D eigenvalue weighted by molar-refractivity contribution is -0.133. The number of nitrogens with zero attached hydrogens (tertiary/aromatic N) is 4. The lowest BCUT2D eigenvalue weighted by Gasteiger charge is -2.40. The molecule has 2 saturated heterocycles. The second kappa shape index (κ2) is 5.52. The molecule has 1 aromatic rings. The molecule has 0 bridgehead atoms. The molecule has 0 atom stereocenters. The zero-order valence-electron chi connectivity index (χ0n) is 14.1. The van der Waals surface area contributed by atoms with Gasteiger partial charge in [-0.05, 0) is 25.2 Å². The van der Waals surface area contributed by atoms with Crippen LogP contribution in [0.5, 0.6) is 0 Å². The summed E-state index contributed by atoms with van der Waals surface area (Å²) in [5, 5.41) is 0. The fraction of sp³-hybridized carbons (Fsp3) is 0.706. The van der Waals surface area contributed by atoms with Crippen LogP contribution in [-0.4, -0.2) is 47.0 Å². The van der Waals surface area contributed by atoms with Crippen LogP contribution in [0.15, 0.2) is 6.07 Å². The number of carbonyl (C=O) groups excluding carboxylic acids is 1. The van der Waals surface area contributed by atoms with Gasteiger partial charge in [0.25, 0.3) is 0 Å². The van der Waals surface area contributed by atoms with Crippen molar-refractivity contribution in [1.82, 2.24) is 14.9 Å². The molecule has 0 saturated carbocycles. The maximum atomic E-state index is 11.3. The molecule has 1 aromatic heterocycles. The topological polar surface area (TPSA) is 49.3 Å². The van der Waals surface area contributed by atoms with Crippen molar-refractivity contribution in [3.05, 3.63) is 17.6 Å². The number of likely N-dealkylation sites (tertiary alicyclic amines) is 1.